The molecule has 2 aliphatic heterocycles. The highest BCUT2D eigenvalue weighted by Crippen LogP contribution is 2.33. The van der Waals surface area contributed by atoms with Gasteiger partial charge < -0.3 is 14.2 Å². The lowest BCUT2D eigenvalue weighted by atomic mass is 10.1. The molecular weight excluding hydrogens is 452 g/mol. The summed E-state index contributed by atoms with van der Waals surface area (Å²) in [5, 5.41) is 11.7. The van der Waals surface area contributed by atoms with E-state index in [1.807, 2.05) is 0 Å². The number of carbonyl (C=O) groups excluding carboxylic acids is 1. The van der Waals surface area contributed by atoms with Crippen molar-refractivity contribution in [1.29, 1.82) is 0 Å². The van der Waals surface area contributed by atoms with Gasteiger partial charge in [-0.15, -0.1) is 0 Å². The minimum atomic E-state index is -0.442. The van der Waals surface area contributed by atoms with Gasteiger partial charge in [0.1, 0.15) is 11.5 Å². The number of hydrogen-bond donors (Lipinski definition) is 0. The van der Waals surface area contributed by atoms with Crippen molar-refractivity contribution in [1.82, 2.24) is 4.90 Å². The van der Waals surface area contributed by atoms with E-state index in [1.54, 1.807) is 30.3 Å². The van der Waals surface area contributed by atoms with Crippen LogP contribution in [0, 0.1) is 17.0 Å². The van der Waals surface area contributed by atoms with E-state index in [4.69, 9.17) is 4.42 Å². The van der Waals surface area contributed by atoms with Crippen molar-refractivity contribution < 1.29 is 14.1 Å². The number of benzene rings is 2. The number of aliphatic imine (C=N–C) groups is 1. The van der Waals surface area contributed by atoms with Crippen LogP contribution in [0.15, 0.2) is 75.0 Å². The number of furan rings is 1. The molecule has 0 atom stereocenters. The average Bonchev–Trinajstić information content (AvgIpc) is 3.46. The summed E-state index contributed by atoms with van der Waals surface area (Å²) in [6, 6.07) is 18.2. The maximum Gasteiger partial charge on any atom is 0.286 e. The molecule has 0 spiro atoms. The molecule has 0 saturated carbocycles. The van der Waals surface area contributed by atoms with Gasteiger partial charge in [0.05, 0.1) is 9.83 Å². The summed E-state index contributed by atoms with van der Waals surface area (Å²) in [4.78, 5) is 32.4. The molecule has 9 heteroatoms. The Kier molecular flexibility index (Phi) is 5.93. The van der Waals surface area contributed by atoms with Crippen LogP contribution >= 0.6 is 11.8 Å². The van der Waals surface area contributed by atoms with Gasteiger partial charge in [0.25, 0.3) is 11.6 Å². The van der Waals surface area contributed by atoms with Gasteiger partial charge in [-0.25, -0.2) is 0 Å². The van der Waals surface area contributed by atoms with Crippen molar-refractivity contribution in [2.45, 2.75) is 6.92 Å². The van der Waals surface area contributed by atoms with Gasteiger partial charge in [0, 0.05) is 55.6 Å². The molecule has 0 unspecified atom stereocenters. The number of piperazine rings is 1. The van der Waals surface area contributed by atoms with Crippen LogP contribution in [0.5, 0.6) is 0 Å². The lowest BCUT2D eigenvalue weighted by Crippen LogP contribution is -2.47. The van der Waals surface area contributed by atoms with Crippen LogP contribution in [0.25, 0.3) is 17.4 Å². The molecule has 2 aromatic carbocycles. The summed E-state index contributed by atoms with van der Waals surface area (Å²) in [6.45, 7) is 5.40. The Balaban J connectivity index is 1.24. The number of nitro benzene ring substituents is 1. The molecule has 5 rings (SSSR count). The highest BCUT2D eigenvalue weighted by molar-refractivity contribution is 8.18. The predicted molar refractivity (Wildman–Crippen MR) is 134 cm³/mol. The number of carbonyl (C=O) groups is 1. The summed E-state index contributed by atoms with van der Waals surface area (Å²) in [6.07, 6.45) is 1.67. The van der Waals surface area contributed by atoms with Crippen molar-refractivity contribution in [2.24, 2.45) is 4.99 Å². The summed E-state index contributed by atoms with van der Waals surface area (Å²) in [5.41, 5.74) is 3.06. The quantitative estimate of drug-likeness (QED) is 0.300. The first-order valence-electron chi connectivity index (χ1n) is 10.9. The van der Waals surface area contributed by atoms with E-state index < -0.39 is 4.92 Å². The molecule has 0 bridgehead atoms. The molecule has 34 heavy (non-hydrogen) atoms. The minimum Gasteiger partial charge on any atom is -0.457 e. The van der Waals surface area contributed by atoms with E-state index in [0.29, 0.717) is 27.2 Å². The van der Waals surface area contributed by atoms with Gasteiger partial charge in [0.2, 0.25) is 0 Å². The third-order valence-corrected chi connectivity index (χ3v) is 6.81. The second kappa shape index (κ2) is 9.18. The first-order valence-corrected chi connectivity index (χ1v) is 11.7. The number of hydrogen-bond acceptors (Lipinski definition) is 7. The third-order valence-electron chi connectivity index (χ3n) is 5.77. The number of thioether (sulfide) groups is 1. The molecule has 1 amide bonds. The second-order valence-corrected chi connectivity index (χ2v) is 9.14. The second-order valence-electron chi connectivity index (χ2n) is 8.13. The van der Waals surface area contributed by atoms with Crippen molar-refractivity contribution >= 4 is 40.3 Å². The molecule has 3 heterocycles. The van der Waals surface area contributed by atoms with Crippen LogP contribution in [0.4, 0.5) is 11.4 Å². The number of amidine groups is 1. The van der Waals surface area contributed by atoms with Crippen LogP contribution < -0.4 is 4.90 Å². The lowest BCUT2D eigenvalue weighted by molar-refractivity contribution is -0.384. The minimum absolute atomic E-state index is 0.00383. The molecule has 8 nitrogen and oxygen atoms in total. The summed E-state index contributed by atoms with van der Waals surface area (Å²) < 4.78 is 5.83. The van der Waals surface area contributed by atoms with Crippen LogP contribution in [-0.4, -0.2) is 47.1 Å². The van der Waals surface area contributed by atoms with E-state index in [9.17, 15) is 14.9 Å². The van der Waals surface area contributed by atoms with Crippen LogP contribution in [0.2, 0.25) is 0 Å². The Morgan fingerprint density at radius 1 is 1.03 bits per heavy atom. The summed E-state index contributed by atoms with van der Waals surface area (Å²) >= 11 is 1.35. The Hall–Kier alpha value is -3.85. The maximum absolute atomic E-state index is 12.5. The fraction of sp³-hybridized carbons (Fsp3) is 0.200. The Bertz CT molecular complexity index is 1320. The van der Waals surface area contributed by atoms with Gasteiger partial charge in [-0.05, 0) is 48.5 Å². The van der Waals surface area contributed by atoms with E-state index in [0.717, 1.165) is 26.2 Å². The van der Waals surface area contributed by atoms with Crippen LogP contribution in [0.1, 0.15) is 11.3 Å². The monoisotopic (exact) mass is 474 g/mol. The first kappa shape index (κ1) is 22.0. The van der Waals surface area contributed by atoms with Gasteiger partial charge in [0.15, 0.2) is 5.17 Å². The average molecular weight is 475 g/mol. The zero-order chi connectivity index (χ0) is 23.7. The molecule has 1 saturated heterocycles. The summed E-state index contributed by atoms with van der Waals surface area (Å²) in [7, 11) is 0. The standard InChI is InChI=1S/C25H22N4O4S/c1-17-4-2-6-19(14-17)27-10-12-28(13-11-27)25-26-24(30)23(34-25)16-21-8-9-22(33-21)18-5-3-7-20(15-18)29(31)32/h2-9,14-16H,10-13H2,1H3. The Morgan fingerprint density at radius 2 is 1.79 bits per heavy atom. The molecule has 0 aliphatic carbocycles. The molecule has 1 fully saturated rings. The number of nitro groups is 1. The van der Waals surface area contributed by atoms with Crippen molar-refractivity contribution in [3.05, 3.63) is 87.0 Å². The van der Waals surface area contributed by atoms with Crippen molar-refractivity contribution in [2.75, 3.05) is 31.1 Å². The largest absolute Gasteiger partial charge is 0.457 e. The molecule has 3 aromatic rings. The van der Waals surface area contributed by atoms with Gasteiger partial charge in [-0.3, -0.25) is 14.9 Å². The zero-order valence-electron chi connectivity index (χ0n) is 18.5. The van der Waals surface area contributed by atoms with Crippen molar-refractivity contribution in [3.63, 3.8) is 0 Å². The number of amides is 1. The smallest absolute Gasteiger partial charge is 0.286 e. The number of rotatable bonds is 4. The van der Waals surface area contributed by atoms with Gasteiger partial charge in [-0.2, -0.15) is 4.99 Å². The van der Waals surface area contributed by atoms with E-state index in [-0.39, 0.29) is 11.6 Å². The molecule has 0 N–H and O–H groups in total. The van der Waals surface area contributed by atoms with E-state index in [1.165, 1.54) is 35.1 Å². The van der Waals surface area contributed by atoms with E-state index >= 15 is 0 Å². The number of nitrogens with zero attached hydrogens (tertiary/aromatic N) is 4. The molecule has 2 aliphatic rings. The molecule has 172 valence electrons. The van der Waals surface area contributed by atoms with Gasteiger partial charge in [-0.1, -0.05) is 24.3 Å². The zero-order valence-corrected chi connectivity index (χ0v) is 19.3. The topological polar surface area (TPSA) is 92.2 Å². The highest BCUT2D eigenvalue weighted by atomic mass is 32.2. The molecule has 0 radical (unpaired) electrons. The molecule has 1 aromatic heterocycles. The fourth-order valence-electron chi connectivity index (χ4n) is 4.00. The predicted octanol–water partition coefficient (Wildman–Crippen LogP) is 4.96. The number of aryl methyl sites for hydroxylation is 1. The van der Waals surface area contributed by atoms with Gasteiger partial charge >= 0.3 is 0 Å². The molecular formula is C25H22N4O4S. The summed E-state index contributed by atoms with van der Waals surface area (Å²) in [5.74, 6) is 0.715. The maximum atomic E-state index is 12.5. The SMILES string of the molecule is Cc1cccc(N2CCN(C3=NC(=O)C(=Cc4ccc(-c5cccc([N+](=O)[O-])c5)o4)S3)CC2)c1. The third kappa shape index (κ3) is 4.60. The lowest BCUT2D eigenvalue weighted by Gasteiger charge is -2.36. The Labute approximate surface area is 200 Å². The highest BCUT2D eigenvalue weighted by Gasteiger charge is 2.29. The number of anilines is 1. The van der Waals surface area contributed by atoms with Crippen LogP contribution in [0.3, 0.4) is 0 Å². The fourth-order valence-corrected chi connectivity index (χ4v) is 4.95. The Morgan fingerprint density at radius 3 is 2.56 bits per heavy atom. The normalized spacial score (nSPS) is 17.4. The van der Waals surface area contributed by atoms with Crippen LogP contribution in [-0.2, 0) is 4.79 Å². The van der Waals surface area contributed by atoms with E-state index in [2.05, 4.69) is 46.0 Å². The van der Waals surface area contributed by atoms with Crippen molar-refractivity contribution in [3.8, 4) is 11.3 Å². The number of non-ortho nitro benzene ring substituents is 1. The first-order chi connectivity index (χ1) is 16.5.